The quantitative estimate of drug-likeness (QED) is 0.876. The summed E-state index contributed by atoms with van der Waals surface area (Å²) < 4.78 is 13.7. The smallest absolute Gasteiger partial charge is 0.317 e. The molecule has 2 atom stereocenters. The summed E-state index contributed by atoms with van der Waals surface area (Å²) in [6.07, 6.45) is 0.814. The maximum Gasteiger partial charge on any atom is 0.317 e. The van der Waals surface area contributed by atoms with Gasteiger partial charge in [0, 0.05) is 18.2 Å². The maximum absolute atomic E-state index is 13.7. The van der Waals surface area contributed by atoms with E-state index in [0.717, 1.165) is 6.42 Å². The topological polar surface area (TPSA) is 40.5 Å². The first-order valence-electron chi connectivity index (χ1n) is 5.78. The Kier molecular flexibility index (Phi) is 3.43. The lowest BCUT2D eigenvalue weighted by Crippen LogP contribution is -2.30. The Morgan fingerprint density at radius 3 is 2.88 bits per heavy atom. The van der Waals surface area contributed by atoms with E-state index < -0.39 is 5.97 Å². The normalized spacial score (nSPS) is 25.1. The molecule has 0 aliphatic carbocycles. The zero-order chi connectivity index (χ0) is 12.4. The molecule has 2 rings (SSSR count). The molecule has 4 heteroatoms. The van der Waals surface area contributed by atoms with Crippen LogP contribution in [0.5, 0.6) is 0 Å². The van der Waals surface area contributed by atoms with Crippen molar-refractivity contribution in [2.75, 3.05) is 13.1 Å². The van der Waals surface area contributed by atoms with Gasteiger partial charge in [0.25, 0.3) is 0 Å². The number of aliphatic carboxylic acids is 1. The summed E-state index contributed by atoms with van der Waals surface area (Å²) in [5.41, 5.74) is 0.609. The minimum absolute atomic E-state index is 0.0245. The first kappa shape index (κ1) is 12.0. The lowest BCUT2D eigenvalue weighted by molar-refractivity contribution is -0.138. The molecule has 1 saturated heterocycles. The van der Waals surface area contributed by atoms with E-state index in [9.17, 15) is 9.18 Å². The molecule has 92 valence electrons. The Morgan fingerprint density at radius 1 is 1.53 bits per heavy atom. The average molecular weight is 237 g/mol. The summed E-state index contributed by atoms with van der Waals surface area (Å²) in [6, 6.07) is 6.51. The minimum atomic E-state index is -0.861. The zero-order valence-corrected chi connectivity index (χ0v) is 9.77. The van der Waals surface area contributed by atoms with Gasteiger partial charge in [0.05, 0.1) is 6.54 Å². The molecule has 0 saturated carbocycles. The molecule has 1 aromatic rings. The number of halogens is 1. The van der Waals surface area contributed by atoms with Crippen LogP contribution in [-0.4, -0.2) is 29.1 Å². The third-order valence-corrected chi connectivity index (χ3v) is 3.22. The lowest BCUT2D eigenvalue weighted by atomic mass is 10.0. The van der Waals surface area contributed by atoms with Gasteiger partial charge in [0.1, 0.15) is 5.82 Å². The Bertz CT molecular complexity index is 422. The molecule has 0 radical (unpaired) electrons. The second-order valence-corrected chi connectivity index (χ2v) is 4.70. The number of nitrogens with zero attached hydrogens (tertiary/aromatic N) is 1. The number of carbonyl (C=O) groups is 1. The van der Waals surface area contributed by atoms with E-state index >= 15 is 0 Å². The summed E-state index contributed by atoms with van der Waals surface area (Å²) in [5, 5.41) is 8.86. The molecular formula is C13H16FNO2. The molecular weight excluding hydrogens is 221 g/mol. The first-order valence-corrected chi connectivity index (χ1v) is 5.78. The average Bonchev–Trinajstić information content (AvgIpc) is 2.59. The highest BCUT2D eigenvalue weighted by molar-refractivity contribution is 5.69. The number of carboxylic acid groups (broad SMARTS) is 1. The monoisotopic (exact) mass is 237 g/mol. The van der Waals surface area contributed by atoms with Crippen LogP contribution in [0.2, 0.25) is 0 Å². The van der Waals surface area contributed by atoms with Gasteiger partial charge in [0.15, 0.2) is 0 Å². The highest BCUT2D eigenvalue weighted by atomic mass is 19.1. The SMILES string of the molecule is C[C@@H]1C[C@@H](c2ccccc2F)N(CC(=O)O)C1. The van der Waals surface area contributed by atoms with Crippen molar-refractivity contribution in [2.24, 2.45) is 5.92 Å². The zero-order valence-electron chi connectivity index (χ0n) is 9.77. The number of likely N-dealkylation sites (tertiary alicyclic amines) is 1. The highest BCUT2D eigenvalue weighted by Crippen LogP contribution is 2.35. The fraction of sp³-hybridized carbons (Fsp3) is 0.462. The Morgan fingerprint density at radius 2 is 2.24 bits per heavy atom. The van der Waals surface area contributed by atoms with Crippen LogP contribution in [0.25, 0.3) is 0 Å². The Hall–Kier alpha value is -1.42. The Labute approximate surface area is 99.9 Å². The van der Waals surface area contributed by atoms with E-state index in [1.165, 1.54) is 6.07 Å². The van der Waals surface area contributed by atoms with Crippen molar-refractivity contribution in [3.8, 4) is 0 Å². The van der Waals surface area contributed by atoms with Crippen LogP contribution in [0.1, 0.15) is 24.9 Å². The minimum Gasteiger partial charge on any atom is -0.480 e. The van der Waals surface area contributed by atoms with Gasteiger partial charge in [0.2, 0.25) is 0 Å². The number of hydrogen-bond donors (Lipinski definition) is 1. The summed E-state index contributed by atoms with van der Waals surface area (Å²) >= 11 is 0. The molecule has 1 heterocycles. The van der Waals surface area contributed by atoms with Crippen LogP contribution in [0, 0.1) is 11.7 Å². The van der Waals surface area contributed by atoms with Gasteiger partial charge in [-0.2, -0.15) is 0 Å². The Balaban J connectivity index is 2.24. The third kappa shape index (κ3) is 2.64. The van der Waals surface area contributed by atoms with Gasteiger partial charge in [-0.15, -0.1) is 0 Å². The summed E-state index contributed by atoms with van der Waals surface area (Å²) in [5.74, 6) is -0.707. The predicted octanol–water partition coefficient (Wildman–Crippen LogP) is 2.29. The number of hydrogen-bond acceptors (Lipinski definition) is 2. The van der Waals surface area contributed by atoms with Crippen molar-refractivity contribution in [1.29, 1.82) is 0 Å². The standard InChI is InChI=1S/C13H16FNO2/c1-9-6-12(15(7-9)8-13(16)17)10-4-2-3-5-11(10)14/h2-5,9,12H,6-8H2,1H3,(H,16,17)/t9-,12+/m1/s1. The molecule has 0 bridgehead atoms. The second-order valence-electron chi connectivity index (χ2n) is 4.70. The fourth-order valence-electron chi connectivity index (χ4n) is 2.55. The van der Waals surface area contributed by atoms with E-state index in [0.29, 0.717) is 18.0 Å². The van der Waals surface area contributed by atoms with Crippen LogP contribution >= 0.6 is 0 Å². The largest absolute Gasteiger partial charge is 0.480 e. The highest BCUT2D eigenvalue weighted by Gasteiger charge is 2.33. The number of benzene rings is 1. The van der Waals surface area contributed by atoms with Crippen LogP contribution < -0.4 is 0 Å². The van der Waals surface area contributed by atoms with E-state index in [4.69, 9.17) is 5.11 Å². The van der Waals surface area contributed by atoms with Gasteiger partial charge in [-0.05, 0) is 18.4 Å². The van der Waals surface area contributed by atoms with Gasteiger partial charge >= 0.3 is 5.97 Å². The van der Waals surface area contributed by atoms with Crippen molar-refractivity contribution in [3.05, 3.63) is 35.6 Å². The number of rotatable bonds is 3. The molecule has 0 unspecified atom stereocenters. The van der Waals surface area contributed by atoms with Crippen molar-refractivity contribution >= 4 is 5.97 Å². The van der Waals surface area contributed by atoms with Gasteiger partial charge in [-0.3, -0.25) is 9.69 Å². The molecule has 1 N–H and O–H groups in total. The first-order chi connectivity index (χ1) is 8.08. The molecule has 0 spiro atoms. The van der Waals surface area contributed by atoms with Crippen LogP contribution in [0.3, 0.4) is 0 Å². The lowest BCUT2D eigenvalue weighted by Gasteiger charge is -2.23. The maximum atomic E-state index is 13.7. The molecule has 1 aliphatic rings. The number of carboxylic acids is 1. The molecule has 1 fully saturated rings. The van der Waals surface area contributed by atoms with Crippen LogP contribution in [0.15, 0.2) is 24.3 Å². The van der Waals surface area contributed by atoms with E-state index in [1.807, 2.05) is 4.90 Å². The predicted molar refractivity (Wildman–Crippen MR) is 62.1 cm³/mol. The van der Waals surface area contributed by atoms with Crippen LogP contribution in [0.4, 0.5) is 4.39 Å². The van der Waals surface area contributed by atoms with Crippen molar-refractivity contribution < 1.29 is 14.3 Å². The van der Waals surface area contributed by atoms with E-state index in [2.05, 4.69) is 6.92 Å². The van der Waals surface area contributed by atoms with E-state index in [-0.39, 0.29) is 18.4 Å². The molecule has 3 nitrogen and oxygen atoms in total. The molecule has 1 aromatic carbocycles. The third-order valence-electron chi connectivity index (χ3n) is 3.22. The van der Waals surface area contributed by atoms with Crippen molar-refractivity contribution in [1.82, 2.24) is 4.90 Å². The molecule has 1 aliphatic heterocycles. The van der Waals surface area contributed by atoms with Gasteiger partial charge in [-0.1, -0.05) is 25.1 Å². The summed E-state index contributed by atoms with van der Waals surface area (Å²) in [7, 11) is 0. The molecule has 17 heavy (non-hydrogen) atoms. The van der Waals surface area contributed by atoms with Gasteiger partial charge < -0.3 is 5.11 Å². The van der Waals surface area contributed by atoms with E-state index in [1.54, 1.807) is 18.2 Å². The van der Waals surface area contributed by atoms with Gasteiger partial charge in [-0.25, -0.2) is 4.39 Å². The second kappa shape index (κ2) is 4.84. The molecule has 0 amide bonds. The van der Waals surface area contributed by atoms with Crippen molar-refractivity contribution in [3.63, 3.8) is 0 Å². The summed E-state index contributed by atoms with van der Waals surface area (Å²) in [6.45, 7) is 2.75. The van der Waals surface area contributed by atoms with Crippen molar-refractivity contribution in [2.45, 2.75) is 19.4 Å². The summed E-state index contributed by atoms with van der Waals surface area (Å²) in [4.78, 5) is 12.6. The van der Waals surface area contributed by atoms with Crippen LogP contribution in [-0.2, 0) is 4.79 Å². The molecule has 0 aromatic heterocycles. The fourth-order valence-corrected chi connectivity index (χ4v) is 2.55.